The zero-order valence-electron chi connectivity index (χ0n) is 12.7. The minimum absolute atomic E-state index is 0. The van der Waals surface area contributed by atoms with E-state index in [1.165, 1.54) is 0 Å². The van der Waals surface area contributed by atoms with Crippen LogP contribution in [0.15, 0.2) is 29.2 Å². The monoisotopic (exact) mass is 332 g/mol. The van der Waals surface area contributed by atoms with Gasteiger partial charge in [-0.05, 0) is 37.8 Å². The fourth-order valence-corrected chi connectivity index (χ4v) is 5.00. The molecule has 0 saturated carbocycles. The molecule has 0 aliphatic carbocycles. The van der Waals surface area contributed by atoms with Gasteiger partial charge in [-0.3, -0.25) is 0 Å². The van der Waals surface area contributed by atoms with Crippen LogP contribution in [0.2, 0.25) is 0 Å². The number of benzene rings is 1. The Morgan fingerprint density at radius 2 is 2.00 bits per heavy atom. The molecule has 1 aromatic carbocycles. The van der Waals surface area contributed by atoms with Crippen molar-refractivity contribution in [3.8, 4) is 0 Å². The molecule has 1 saturated heterocycles. The second-order valence-electron chi connectivity index (χ2n) is 5.50. The summed E-state index contributed by atoms with van der Waals surface area (Å²) in [5.41, 5.74) is 6.87. The van der Waals surface area contributed by atoms with Gasteiger partial charge in [0.25, 0.3) is 0 Å². The quantitative estimate of drug-likeness (QED) is 0.921. The Hall–Kier alpha value is -0.620. The van der Waals surface area contributed by atoms with Gasteiger partial charge in [-0.1, -0.05) is 31.5 Å². The van der Waals surface area contributed by atoms with Crippen LogP contribution in [0.3, 0.4) is 0 Å². The summed E-state index contributed by atoms with van der Waals surface area (Å²) in [5, 5.41) is 0. The lowest BCUT2D eigenvalue weighted by Crippen LogP contribution is -2.51. The Labute approximate surface area is 134 Å². The number of hydrogen-bond acceptors (Lipinski definition) is 3. The van der Waals surface area contributed by atoms with E-state index >= 15 is 0 Å². The highest BCUT2D eigenvalue weighted by atomic mass is 35.5. The average Bonchev–Trinajstić information content (AvgIpc) is 2.47. The normalized spacial score (nSPS) is 21.6. The van der Waals surface area contributed by atoms with Crippen molar-refractivity contribution >= 4 is 22.4 Å². The third-order valence-electron chi connectivity index (χ3n) is 4.05. The number of hydrogen-bond donors (Lipinski definition) is 1. The number of nitrogens with two attached hydrogens (primary N) is 1. The van der Waals surface area contributed by atoms with Gasteiger partial charge in [0, 0.05) is 18.6 Å². The first kappa shape index (κ1) is 18.4. The van der Waals surface area contributed by atoms with Crippen LogP contribution in [-0.4, -0.2) is 31.4 Å². The van der Waals surface area contributed by atoms with Crippen LogP contribution in [0.4, 0.5) is 0 Å². The van der Waals surface area contributed by atoms with Crippen LogP contribution in [0.1, 0.15) is 38.7 Å². The Bertz CT molecular complexity index is 561. The first-order chi connectivity index (χ1) is 9.48. The van der Waals surface area contributed by atoms with Gasteiger partial charge < -0.3 is 5.73 Å². The molecule has 1 fully saturated rings. The largest absolute Gasteiger partial charge is 0.326 e. The number of aryl methyl sites for hydroxylation is 1. The topological polar surface area (TPSA) is 63.4 Å². The molecule has 0 spiro atoms. The van der Waals surface area contributed by atoms with Gasteiger partial charge in [-0.2, -0.15) is 4.31 Å². The van der Waals surface area contributed by atoms with Crippen LogP contribution in [0.5, 0.6) is 0 Å². The predicted octanol–water partition coefficient (Wildman–Crippen LogP) is 2.56. The molecular formula is C15H25ClN2O2S. The van der Waals surface area contributed by atoms with Gasteiger partial charge in [-0.25, -0.2) is 8.42 Å². The number of piperidine rings is 1. The summed E-state index contributed by atoms with van der Waals surface area (Å²) < 4.78 is 27.5. The third-order valence-corrected chi connectivity index (χ3v) is 6.07. The molecule has 1 heterocycles. The van der Waals surface area contributed by atoms with E-state index in [2.05, 4.69) is 0 Å². The van der Waals surface area contributed by atoms with Crippen LogP contribution in [-0.2, 0) is 16.4 Å². The van der Waals surface area contributed by atoms with E-state index in [1.54, 1.807) is 16.4 Å². The van der Waals surface area contributed by atoms with Gasteiger partial charge in [0.05, 0.1) is 4.90 Å². The maximum Gasteiger partial charge on any atom is 0.243 e. The summed E-state index contributed by atoms with van der Waals surface area (Å²) in [4.78, 5) is 0.440. The van der Waals surface area contributed by atoms with E-state index in [0.29, 0.717) is 17.9 Å². The van der Waals surface area contributed by atoms with Crippen molar-refractivity contribution in [3.05, 3.63) is 29.8 Å². The molecule has 0 bridgehead atoms. The Morgan fingerprint density at radius 3 is 2.62 bits per heavy atom. The van der Waals surface area contributed by atoms with E-state index in [4.69, 9.17) is 5.73 Å². The summed E-state index contributed by atoms with van der Waals surface area (Å²) >= 11 is 0. The van der Waals surface area contributed by atoms with Gasteiger partial charge in [-0.15, -0.1) is 12.4 Å². The molecule has 0 radical (unpaired) electrons. The Balaban J connectivity index is 0.00000220. The number of halogens is 1. The van der Waals surface area contributed by atoms with E-state index in [0.717, 1.165) is 24.8 Å². The van der Waals surface area contributed by atoms with Crippen molar-refractivity contribution in [2.75, 3.05) is 6.54 Å². The summed E-state index contributed by atoms with van der Waals surface area (Å²) in [7, 11) is -3.45. The highest BCUT2D eigenvalue weighted by Crippen LogP contribution is 2.28. The second-order valence-corrected chi connectivity index (χ2v) is 7.36. The molecule has 0 amide bonds. The van der Waals surface area contributed by atoms with E-state index in [9.17, 15) is 8.42 Å². The predicted molar refractivity (Wildman–Crippen MR) is 88.2 cm³/mol. The lowest BCUT2D eigenvalue weighted by molar-refractivity contribution is 0.227. The minimum Gasteiger partial charge on any atom is -0.326 e. The van der Waals surface area contributed by atoms with E-state index in [-0.39, 0.29) is 24.5 Å². The van der Waals surface area contributed by atoms with Gasteiger partial charge in [0.1, 0.15) is 0 Å². The molecule has 2 unspecified atom stereocenters. The van der Waals surface area contributed by atoms with Crippen molar-refractivity contribution in [2.45, 2.75) is 56.5 Å². The molecule has 6 heteroatoms. The zero-order chi connectivity index (χ0) is 14.8. The summed E-state index contributed by atoms with van der Waals surface area (Å²) in [6.07, 6.45) is 3.53. The Kier molecular flexibility index (Phi) is 6.66. The standard InChI is InChI=1S/C15H24N2O2S.ClH/c1-3-13-8-4-5-10-15(13)20(18,19)17-11-7-6-9-14(17)12(2)16;/h4-5,8,10,12,14H,3,6-7,9,11,16H2,1-2H3;1H. The summed E-state index contributed by atoms with van der Waals surface area (Å²) in [6, 6.07) is 7.05. The number of sulfonamides is 1. The zero-order valence-corrected chi connectivity index (χ0v) is 14.3. The molecule has 2 N–H and O–H groups in total. The maximum absolute atomic E-state index is 13.0. The van der Waals surface area contributed by atoms with Crippen molar-refractivity contribution in [3.63, 3.8) is 0 Å². The molecule has 120 valence electrons. The van der Waals surface area contributed by atoms with Gasteiger partial charge in [0.2, 0.25) is 10.0 Å². The van der Waals surface area contributed by atoms with E-state index < -0.39 is 10.0 Å². The van der Waals surface area contributed by atoms with Crippen molar-refractivity contribution < 1.29 is 8.42 Å². The van der Waals surface area contributed by atoms with Crippen molar-refractivity contribution in [1.29, 1.82) is 0 Å². The van der Waals surface area contributed by atoms with Crippen LogP contribution in [0, 0.1) is 0 Å². The summed E-state index contributed by atoms with van der Waals surface area (Å²) in [5.74, 6) is 0. The Morgan fingerprint density at radius 1 is 1.33 bits per heavy atom. The maximum atomic E-state index is 13.0. The van der Waals surface area contributed by atoms with Crippen LogP contribution < -0.4 is 5.73 Å². The van der Waals surface area contributed by atoms with E-state index in [1.807, 2.05) is 26.0 Å². The first-order valence-corrected chi connectivity index (χ1v) is 8.77. The van der Waals surface area contributed by atoms with Crippen molar-refractivity contribution in [2.24, 2.45) is 5.73 Å². The molecule has 2 rings (SSSR count). The van der Waals surface area contributed by atoms with Crippen molar-refractivity contribution in [1.82, 2.24) is 4.31 Å². The highest BCUT2D eigenvalue weighted by molar-refractivity contribution is 7.89. The molecule has 4 nitrogen and oxygen atoms in total. The molecule has 2 atom stereocenters. The minimum atomic E-state index is -3.45. The van der Waals surface area contributed by atoms with Gasteiger partial charge in [0.15, 0.2) is 0 Å². The van der Waals surface area contributed by atoms with Crippen LogP contribution in [0.25, 0.3) is 0 Å². The average molecular weight is 333 g/mol. The molecular weight excluding hydrogens is 308 g/mol. The molecule has 1 aromatic rings. The second kappa shape index (κ2) is 7.58. The van der Waals surface area contributed by atoms with Gasteiger partial charge >= 0.3 is 0 Å². The molecule has 1 aliphatic rings. The lowest BCUT2D eigenvalue weighted by atomic mass is 10.00. The SMILES string of the molecule is CCc1ccccc1S(=O)(=O)N1CCCCC1C(C)N.Cl. The number of nitrogens with zero attached hydrogens (tertiary/aromatic N) is 1. The summed E-state index contributed by atoms with van der Waals surface area (Å²) in [6.45, 7) is 4.45. The third kappa shape index (κ3) is 3.77. The first-order valence-electron chi connectivity index (χ1n) is 7.33. The fraction of sp³-hybridized carbons (Fsp3) is 0.600. The fourth-order valence-electron chi connectivity index (χ4n) is 2.93. The highest BCUT2D eigenvalue weighted by Gasteiger charge is 2.35. The lowest BCUT2D eigenvalue weighted by Gasteiger charge is -2.37. The molecule has 1 aliphatic heterocycles. The van der Waals surface area contributed by atoms with Crippen LogP contribution >= 0.6 is 12.4 Å². The smallest absolute Gasteiger partial charge is 0.243 e. The molecule has 21 heavy (non-hydrogen) atoms. The molecule has 0 aromatic heterocycles. The number of rotatable bonds is 4.